The van der Waals surface area contributed by atoms with E-state index in [2.05, 4.69) is 13.5 Å². The Bertz CT molecular complexity index is 602. The second kappa shape index (κ2) is 14.2. The molecule has 2 N–H and O–H groups in total. The van der Waals surface area contributed by atoms with Crippen LogP contribution in [0.5, 0.6) is 0 Å². The molecule has 4 nitrogen and oxygen atoms in total. The predicted octanol–water partition coefficient (Wildman–Crippen LogP) is 4.87. The number of rotatable bonds is 16. The number of aliphatic hydroxyl groups is 2. The molecule has 29 heavy (non-hydrogen) atoms. The Morgan fingerprint density at radius 3 is 2.69 bits per heavy atom. The van der Waals surface area contributed by atoms with Crippen molar-refractivity contribution in [3.05, 3.63) is 49.1 Å². The second-order valence-corrected chi connectivity index (χ2v) is 7.99. The number of carbonyl (C=O) groups excluding carboxylic acids is 2. The van der Waals surface area contributed by atoms with Gasteiger partial charge in [0, 0.05) is 18.3 Å². The second-order valence-electron chi connectivity index (χ2n) is 7.99. The first-order chi connectivity index (χ1) is 14.0. The molecular formula is C25H38O4. The van der Waals surface area contributed by atoms with E-state index in [1.165, 1.54) is 12.8 Å². The van der Waals surface area contributed by atoms with Crippen LogP contribution < -0.4 is 0 Å². The maximum absolute atomic E-state index is 12.2. The van der Waals surface area contributed by atoms with Crippen LogP contribution in [0.2, 0.25) is 0 Å². The van der Waals surface area contributed by atoms with Gasteiger partial charge in [0.2, 0.25) is 0 Å². The summed E-state index contributed by atoms with van der Waals surface area (Å²) in [7, 11) is 0. The molecule has 0 aromatic carbocycles. The zero-order valence-corrected chi connectivity index (χ0v) is 17.9. The largest absolute Gasteiger partial charge is 0.389 e. The van der Waals surface area contributed by atoms with Gasteiger partial charge in [0.15, 0.2) is 11.6 Å². The Morgan fingerprint density at radius 2 is 2.00 bits per heavy atom. The third-order valence-corrected chi connectivity index (χ3v) is 5.55. The Kier molecular flexibility index (Phi) is 12.4. The summed E-state index contributed by atoms with van der Waals surface area (Å²) in [4.78, 5) is 23.2. The molecule has 0 aliphatic heterocycles. The number of allylic oxidation sites excluding steroid dienone is 5. The summed E-state index contributed by atoms with van der Waals surface area (Å²) in [5, 5.41) is 19.4. The normalized spacial score (nSPS) is 21.3. The number of hydrogen-bond donors (Lipinski definition) is 2. The van der Waals surface area contributed by atoms with Crippen LogP contribution in [0.25, 0.3) is 0 Å². The first-order valence-corrected chi connectivity index (χ1v) is 11.0. The van der Waals surface area contributed by atoms with Gasteiger partial charge >= 0.3 is 0 Å². The molecule has 162 valence electrons. The van der Waals surface area contributed by atoms with Crippen molar-refractivity contribution < 1.29 is 19.8 Å². The summed E-state index contributed by atoms with van der Waals surface area (Å²) in [6.07, 6.45) is 21.5. The van der Waals surface area contributed by atoms with Crippen LogP contribution in [0.15, 0.2) is 49.1 Å². The minimum Gasteiger partial charge on any atom is -0.389 e. The molecule has 0 amide bonds. The van der Waals surface area contributed by atoms with Crippen LogP contribution >= 0.6 is 0 Å². The highest BCUT2D eigenvalue weighted by Crippen LogP contribution is 2.28. The van der Waals surface area contributed by atoms with E-state index < -0.39 is 5.60 Å². The van der Waals surface area contributed by atoms with Crippen LogP contribution in [-0.4, -0.2) is 34.0 Å². The SMILES string of the molecule is C=CC(O)(CC=C[C@H]1C=CC(=O)[C@@H]1CC=CCCCC(=O)CO)CCCCCC. The van der Waals surface area contributed by atoms with Gasteiger partial charge in [0.25, 0.3) is 0 Å². The average molecular weight is 403 g/mol. The molecule has 0 fully saturated rings. The standard InChI is InChI=1S/C25H38O4/c1-3-5-6-11-18-25(29,4-2)19-12-13-21-16-17-24(28)23(21)15-10-8-7-9-14-22(27)20-26/h4,8,10,12-13,16-17,21,23,26,29H,2-3,5-7,9,11,14-15,18-20H2,1H3/t21-,23+,25?/m0/s1. The van der Waals surface area contributed by atoms with E-state index in [1.54, 1.807) is 12.2 Å². The van der Waals surface area contributed by atoms with Crippen LogP contribution in [0, 0.1) is 11.8 Å². The lowest BCUT2D eigenvalue weighted by Crippen LogP contribution is -2.24. The quantitative estimate of drug-likeness (QED) is 0.285. The number of hydrogen-bond acceptors (Lipinski definition) is 4. The number of aliphatic hydroxyl groups excluding tert-OH is 1. The Labute approximate surface area is 176 Å². The molecule has 0 saturated heterocycles. The molecule has 0 aromatic heterocycles. The van der Waals surface area contributed by atoms with E-state index in [-0.39, 0.29) is 30.0 Å². The molecule has 1 rings (SSSR count). The highest BCUT2D eigenvalue weighted by atomic mass is 16.3. The molecule has 0 radical (unpaired) electrons. The molecule has 0 bridgehead atoms. The van der Waals surface area contributed by atoms with Gasteiger partial charge in [-0.2, -0.15) is 0 Å². The number of Topliss-reactive ketones (excluding diaryl/α,β-unsaturated/α-hetero) is 1. The predicted molar refractivity (Wildman–Crippen MR) is 118 cm³/mol. The number of carbonyl (C=O) groups is 2. The maximum Gasteiger partial charge on any atom is 0.159 e. The zero-order valence-electron chi connectivity index (χ0n) is 17.9. The van der Waals surface area contributed by atoms with Gasteiger partial charge in [-0.15, -0.1) is 6.58 Å². The minimum atomic E-state index is -0.877. The van der Waals surface area contributed by atoms with Crippen LogP contribution in [0.3, 0.4) is 0 Å². The first-order valence-electron chi connectivity index (χ1n) is 11.0. The van der Waals surface area contributed by atoms with E-state index in [0.717, 1.165) is 19.3 Å². The molecule has 1 aliphatic carbocycles. The fraction of sp³-hybridized carbons (Fsp3) is 0.600. The summed E-state index contributed by atoms with van der Waals surface area (Å²) in [6, 6.07) is 0. The van der Waals surface area contributed by atoms with Crippen molar-refractivity contribution >= 4 is 11.6 Å². The summed E-state index contributed by atoms with van der Waals surface area (Å²) in [5.74, 6) is -0.0397. The summed E-state index contributed by atoms with van der Waals surface area (Å²) >= 11 is 0. The van der Waals surface area contributed by atoms with Gasteiger partial charge in [-0.25, -0.2) is 0 Å². The average Bonchev–Trinajstić information content (AvgIpc) is 3.07. The monoisotopic (exact) mass is 402 g/mol. The first kappa shape index (κ1) is 25.3. The summed E-state index contributed by atoms with van der Waals surface area (Å²) in [6.45, 7) is 5.57. The molecule has 0 saturated carbocycles. The molecule has 3 atom stereocenters. The van der Waals surface area contributed by atoms with Gasteiger partial charge in [0.1, 0.15) is 6.61 Å². The topological polar surface area (TPSA) is 74.6 Å². The summed E-state index contributed by atoms with van der Waals surface area (Å²) in [5.41, 5.74) is -0.877. The molecule has 0 aromatic rings. The van der Waals surface area contributed by atoms with E-state index in [4.69, 9.17) is 5.11 Å². The van der Waals surface area contributed by atoms with Gasteiger partial charge < -0.3 is 10.2 Å². The fourth-order valence-corrected chi connectivity index (χ4v) is 3.56. The van der Waals surface area contributed by atoms with Gasteiger partial charge in [-0.05, 0) is 38.2 Å². The van der Waals surface area contributed by atoms with Crippen molar-refractivity contribution in [1.82, 2.24) is 0 Å². The summed E-state index contributed by atoms with van der Waals surface area (Å²) < 4.78 is 0. The molecular weight excluding hydrogens is 364 g/mol. The lowest BCUT2D eigenvalue weighted by Gasteiger charge is -2.23. The third-order valence-electron chi connectivity index (χ3n) is 5.55. The van der Waals surface area contributed by atoms with Crippen LogP contribution in [0.4, 0.5) is 0 Å². The molecule has 1 unspecified atom stereocenters. The van der Waals surface area contributed by atoms with Gasteiger partial charge in [-0.3, -0.25) is 9.59 Å². The van der Waals surface area contributed by atoms with E-state index in [1.807, 2.05) is 30.4 Å². The number of unbranched alkanes of at least 4 members (excludes halogenated alkanes) is 4. The lowest BCUT2D eigenvalue weighted by atomic mass is 9.88. The minimum absolute atomic E-state index is 0.0530. The molecule has 0 spiro atoms. The Hall–Kier alpha value is -1.78. The van der Waals surface area contributed by atoms with Crippen LogP contribution in [0.1, 0.15) is 71.1 Å². The van der Waals surface area contributed by atoms with Crippen molar-refractivity contribution in [2.45, 2.75) is 76.7 Å². The Balaban J connectivity index is 2.46. The van der Waals surface area contributed by atoms with E-state index in [9.17, 15) is 14.7 Å². The number of ketones is 2. The maximum atomic E-state index is 12.2. The van der Waals surface area contributed by atoms with Crippen molar-refractivity contribution in [2.24, 2.45) is 11.8 Å². The van der Waals surface area contributed by atoms with Crippen molar-refractivity contribution in [3.63, 3.8) is 0 Å². The van der Waals surface area contributed by atoms with E-state index in [0.29, 0.717) is 32.1 Å². The highest BCUT2D eigenvalue weighted by Gasteiger charge is 2.27. The fourth-order valence-electron chi connectivity index (χ4n) is 3.56. The zero-order chi connectivity index (χ0) is 21.5. The van der Waals surface area contributed by atoms with Crippen molar-refractivity contribution in [2.75, 3.05) is 6.61 Å². The van der Waals surface area contributed by atoms with Crippen molar-refractivity contribution in [3.8, 4) is 0 Å². The lowest BCUT2D eigenvalue weighted by molar-refractivity contribution is -0.121. The third kappa shape index (κ3) is 10.00. The van der Waals surface area contributed by atoms with E-state index >= 15 is 0 Å². The smallest absolute Gasteiger partial charge is 0.159 e. The van der Waals surface area contributed by atoms with Gasteiger partial charge in [0.05, 0.1) is 5.60 Å². The molecule has 1 aliphatic rings. The van der Waals surface area contributed by atoms with Gasteiger partial charge in [-0.1, -0.05) is 69.1 Å². The van der Waals surface area contributed by atoms with Crippen LogP contribution in [-0.2, 0) is 9.59 Å². The molecule has 0 heterocycles. The Morgan fingerprint density at radius 1 is 1.21 bits per heavy atom. The molecule has 4 heteroatoms. The van der Waals surface area contributed by atoms with Crippen molar-refractivity contribution in [1.29, 1.82) is 0 Å². The highest BCUT2D eigenvalue weighted by molar-refractivity contribution is 5.95.